The minimum absolute atomic E-state index is 0.0938. The molecular weight excluding hydrogens is 211 g/mol. The molecule has 3 saturated carbocycles. The van der Waals surface area contributed by atoms with Gasteiger partial charge in [-0.15, -0.1) is 0 Å². The molecule has 17 heavy (non-hydrogen) atoms. The molecule has 0 radical (unpaired) electrons. The van der Waals surface area contributed by atoms with Gasteiger partial charge < -0.3 is 9.31 Å². The van der Waals surface area contributed by atoms with E-state index in [2.05, 4.69) is 27.7 Å². The molecule has 1 saturated heterocycles. The molecule has 0 N–H and O–H groups in total. The Bertz CT molecular complexity index is 305. The highest BCUT2D eigenvalue weighted by Crippen LogP contribution is 2.65. The van der Waals surface area contributed by atoms with Crippen molar-refractivity contribution in [1.29, 1.82) is 0 Å². The number of rotatable bonds is 2. The summed E-state index contributed by atoms with van der Waals surface area (Å²) in [7, 11) is 0.0938. The van der Waals surface area contributed by atoms with Crippen LogP contribution in [0.4, 0.5) is 0 Å². The summed E-state index contributed by atoms with van der Waals surface area (Å²) in [6.07, 6.45) is 4.18. The first-order valence-electron chi connectivity index (χ1n) is 7.31. The van der Waals surface area contributed by atoms with Crippen LogP contribution in [0.2, 0.25) is 5.82 Å². The first kappa shape index (κ1) is 12.0. The molecule has 3 aliphatic carbocycles. The summed E-state index contributed by atoms with van der Waals surface area (Å²) in [5, 5.41) is 0. The standard InChI is InChI=1S/C14H25BO2/c1-5-11-8-16-15(17-11)13-7-10-6-12(9(13)2)14(10,3)4/h9-13H,5-8H2,1-4H3/t9-,10-,11-,12-,13-/m0/s1. The molecule has 4 rings (SSSR count). The van der Waals surface area contributed by atoms with Gasteiger partial charge in [-0.3, -0.25) is 0 Å². The van der Waals surface area contributed by atoms with Crippen molar-refractivity contribution in [2.75, 3.05) is 6.61 Å². The van der Waals surface area contributed by atoms with E-state index in [-0.39, 0.29) is 7.12 Å². The molecule has 0 spiro atoms. The van der Waals surface area contributed by atoms with Crippen LogP contribution in [-0.2, 0) is 9.31 Å². The van der Waals surface area contributed by atoms with E-state index in [4.69, 9.17) is 9.31 Å². The van der Waals surface area contributed by atoms with Gasteiger partial charge in [0.2, 0.25) is 0 Å². The van der Waals surface area contributed by atoms with Gasteiger partial charge in [-0.2, -0.15) is 0 Å². The molecule has 2 nitrogen and oxygen atoms in total. The maximum absolute atomic E-state index is 6.04. The van der Waals surface area contributed by atoms with Gasteiger partial charge in [0, 0.05) is 0 Å². The Hall–Kier alpha value is -0.0151. The van der Waals surface area contributed by atoms with E-state index in [0.29, 0.717) is 17.3 Å². The second kappa shape index (κ2) is 3.99. The van der Waals surface area contributed by atoms with Crippen molar-refractivity contribution in [3.63, 3.8) is 0 Å². The number of fused-ring (bicyclic) bond motifs is 2. The first-order chi connectivity index (χ1) is 8.04. The largest absolute Gasteiger partial charge is 0.460 e. The van der Waals surface area contributed by atoms with E-state index >= 15 is 0 Å². The Morgan fingerprint density at radius 2 is 2.06 bits per heavy atom. The first-order valence-corrected chi connectivity index (χ1v) is 7.31. The third-order valence-electron chi connectivity index (χ3n) is 5.99. The van der Waals surface area contributed by atoms with Crippen molar-refractivity contribution in [2.45, 2.75) is 58.9 Å². The lowest BCUT2D eigenvalue weighted by Crippen LogP contribution is -2.56. The molecule has 4 fully saturated rings. The van der Waals surface area contributed by atoms with Crippen LogP contribution >= 0.6 is 0 Å². The van der Waals surface area contributed by atoms with Crippen LogP contribution in [0, 0.1) is 23.2 Å². The zero-order chi connectivity index (χ0) is 12.2. The molecule has 5 atom stereocenters. The maximum Gasteiger partial charge on any atom is 0.460 e. The fourth-order valence-electron chi connectivity index (χ4n) is 4.46. The highest BCUT2D eigenvalue weighted by Gasteiger charge is 2.59. The van der Waals surface area contributed by atoms with Crippen molar-refractivity contribution in [1.82, 2.24) is 0 Å². The lowest BCUT2D eigenvalue weighted by atomic mass is 9.39. The van der Waals surface area contributed by atoms with Crippen LogP contribution in [0.15, 0.2) is 0 Å². The predicted molar refractivity (Wildman–Crippen MR) is 69.8 cm³/mol. The lowest BCUT2D eigenvalue weighted by molar-refractivity contribution is -0.103. The van der Waals surface area contributed by atoms with E-state index in [1.165, 1.54) is 12.8 Å². The molecule has 3 heteroatoms. The van der Waals surface area contributed by atoms with Crippen LogP contribution < -0.4 is 0 Å². The summed E-state index contributed by atoms with van der Waals surface area (Å²) >= 11 is 0. The summed E-state index contributed by atoms with van der Waals surface area (Å²) in [5.41, 5.74) is 0.568. The quantitative estimate of drug-likeness (QED) is 0.684. The van der Waals surface area contributed by atoms with Gasteiger partial charge in [0.25, 0.3) is 0 Å². The van der Waals surface area contributed by atoms with Crippen molar-refractivity contribution >= 4 is 7.12 Å². The zero-order valence-corrected chi connectivity index (χ0v) is 11.6. The van der Waals surface area contributed by atoms with Crippen LogP contribution in [0.1, 0.15) is 47.0 Å². The highest BCUT2D eigenvalue weighted by atomic mass is 16.6. The molecule has 0 aromatic rings. The summed E-state index contributed by atoms with van der Waals surface area (Å²) < 4.78 is 11.9. The molecule has 96 valence electrons. The average molecular weight is 236 g/mol. The fraction of sp³-hybridized carbons (Fsp3) is 1.00. The monoisotopic (exact) mass is 236 g/mol. The van der Waals surface area contributed by atoms with Crippen molar-refractivity contribution in [2.24, 2.45) is 23.2 Å². The van der Waals surface area contributed by atoms with E-state index in [1.807, 2.05) is 0 Å². The SMILES string of the molecule is CC[C@H]1COB([C@H]2C[C@@H]3C[C@@H]([C@@H]2C)C3(C)C)O1. The van der Waals surface area contributed by atoms with Crippen molar-refractivity contribution in [3.8, 4) is 0 Å². The normalized spacial score (nSPS) is 48.0. The fourth-order valence-corrected chi connectivity index (χ4v) is 4.46. The van der Waals surface area contributed by atoms with E-state index in [0.717, 1.165) is 30.8 Å². The van der Waals surface area contributed by atoms with Gasteiger partial charge in [-0.1, -0.05) is 27.7 Å². The molecule has 4 aliphatic rings. The minimum Gasteiger partial charge on any atom is -0.408 e. The molecule has 0 amide bonds. The van der Waals surface area contributed by atoms with Crippen LogP contribution in [-0.4, -0.2) is 19.8 Å². The third-order valence-corrected chi connectivity index (χ3v) is 5.99. The molecule has 1 aliphatic heterocycles. The van der Waals surface area contributed by atoms with Crippen molar-refractivity contribution in [3.05, 3.63) is 0 Å². The predicted octanol–water partition coefficient (Wildman–Crippen LogP) is 3.37. The minimum atomic E-state index is 0.0938. The van der Waals surface area contributed by atoms with E-state index in [1.54, 1.807) is 0 Å². The number of hydrogen-bond acceptors (Lipinski definition) is 2. The summed E-state index contributed by atoms with van der Waals surface area (Å²) in [6.45, 7) is 10.3. The summed E-state index contributed by atoms with van der Waals surface area (Å²) in [6, 6.07) is 0. The topological polar surface area (TPSA) is 18.5 Å². The molecular formula is C14H25BO2. The smallest absolute Gasteiger partial charge is 0.408 e. The van der Waals surface area contributed by atoms with Gasteiger partial charge in [0.15, 0.2) is 0 Å². The lowest BCUT2D eigenvalue weighted by Gasteiger charge is -2.62. The third kappa shape index (κ3) is 1.69. The van der Waals surface area contributed by atoms with Crippen molar-refractivity contribution < 1.29 is 9.31 Å². The Morgan fingerprint density at radius 3 is 2.59 bits per heavy atom. The average Bonchev–Trinajstić information content (AvgIpc) is 2.76. The Balaban J connectivity index is 1.67. The highest BCUT2D eigenvalue weighted by molar-refractivity contribution is 6.47. The van der Waals surface area contributed by atoms with Gasteiger partial charge in [0.05, 0.1) is 12.7 Å². The second-order valence-corrected chi connectivity index (χ2v) is 6.99. The van der Waals surface area contributed by atoms with E-state index in [9.17, 15) is 0 Å². The Labute approximate surface area is 106 Å². The summed E-state index contributed by atoms with van der Waals surface area (Å²) in [5.74, 6) is 3.19. The molecule has 1 heterocycles. The van der Waals surface area contributed by atoms with Crippen LogP contribution in [0.3, 0.4) is 0 Å². The maximum atomic E-state index is 6.04. The Kier molecular flexibility index (Phi) is 2.83. The second-order valence-electron chi connectivity index (χ2n) is 6.99. The van der Waals surface area contributed by atoms with Crippen LogP contribution in [0.5, 0.6) is 0 Å². The molecule has 2 bridgehead atoms. The molecule has 0 aromatic carbocycles. The zero-order valence-electron chi connectivity index (χ0n) is 11.6. The van der Waals surface area contributed by atoms with Gasteiger partial charge in [0.1, 0.15) is 0 Å². The number of hydrogen-bond donors (Lipinski definition) is 0. The summed E-state index contributed by atoms with van der Waals surface area (Å²) in [4.78, 5) is 0. The van der Waals surface area contributed by atoms with Gasteiger partial charge >= 0.3 is 7.12 Å². The van der Waals surface area contributed by atoms with Crippen LogP contribution in [0.25, 0.3) is 0 Å². The van der Waals surface area contributed by atoms with Gasteiger partial charge in [-0.25, -0.2) is 0 Å². The van der Waals surface area contributed by atoms with Gasteiger partial charge in [-0.05, 0) is 48.2 Å². The van der Waals surface area contributed by atoms with E-state index < -0.39 is 0 Å². The Morgan fingerprint density at radius 1 is 1.29 bits per heavy atom. The molecule has 0 unspecified atom stereocenters. The molecule has 0 aromatic heterocycles.